The molecule has 3 N–H and O–H groups in total. The Kier molecular flexibility index (Phi) is 4.89. The third kappa shape index (κ3) is 4.39. The molecule has 0 radical (unpaired) electrons. The molecule has 17 heavy (non-hydrogen) atoms. The fourth-order valence-corrected chi connectivity index (χ4v) is 1.58. The average molecular weight is 244 g/mol. The van der Waals surface area contributed by atoms with E-state index >= 15 is 0 Å². The highest BCUT2D eigenvalue weighted by Gasteiger charge is 2.28. The maximum Gasteiger partial charge on any atom is 0.306 e. The van der Waals surface area contributed by atoms with E-state index in [9.17, 15) is 14.4 Å². The molecule has 1 aliphatic heterocycles. The Morgan fingerprint density at radius 1 is 1.65 bits per heavy atom. The first-order valence-corrected chi connectivity index (χ1v) is 5.32. The number of hydrogen-bond donors (Lipinski definition) is 3. The van der Waals surface area contributed by atoms with Crippen molar-refractivity contribution in [2.75, 3.05) is 20.2 Å². The summed E-state index contributed by atoms with van der Waals surface area (Å²) in [6.45, 7) is 0.466. The molecule has 1 fully saturated rings. The zero-order chi connectivity index (χ0) is 12.8. The molecule has 2 amide bonds. The van der Waals surface area contributed by atoms with Crippen LogP contribution in [0.4, 0.5) is 0 Å². The molecule has 0 aromatic heterocycles. The van der Waals surface area contributed by atoms with Crippen molar-refractivity contribution in [3.8, 4) is 0 Å². The number of methoxy groups -OCH3 is 1. The van der Waals surface area contributed by atoms with Gasteiger partial charge in [-0.05, 0) is 0 Å². The van der Waals surface area contributed by atoms with Gasteiger partial charge in [0.2, 0.25) is 11.8 Å². The lowest BCUT2D eigenvalue weighted by atomic mass is 10.1. The number of aliphatic carboxylic acids is 1. The molecule has 96 valence electrons. The van der Waals surface area contributed by atoms with Gasteiger partial charge >= 0.3 is 5.97 Å². The smallest absolute Gasteiger partial charge is 0.306 e. The van der Waals surface area contributed by atoms with Crippen molar-refractivity contribution < 1.29 is 24.2 Å². The van der Waals surface area contributed by atoms with Crippen LogP contribution in [0.3, 0.4) is 0 Å². The van der Waals surface area contributed by atoms with E-state index in [1.54, 1.807) is 0 Å². The van der Waals surface area contributed by atoms with Crippen LogP contribution in [0.5, 0.6) is 0 Å². The third-order valence-corrected chi connectivity index (χ3v) is 2.59. The van der Waals surface area contributed by atoms with Crippen LogP contribution in [0.15, 0.2) is 0 Å². The number of carboxylic acids is 1. The van der Waals surface area contributed by atoms with Gasteiger partial charge in [-0.1, -0.05) is 0 Å². The Morgan fingerprint density at radius 2 is 2.35 bits per heavy atom. The number of carboxylic acid groups (broad SMARTS) is 1. The minimum atomic E-state index is -0.983. The van der Waals surface area contributed by atoms with Crippen LogP contribution in [-0.4, -0.2) is 49.2 Å². The first-order chi connectivity index (χ1) is 8.02. The molecule has 2 atom stereocenters. The largest absolute Gasteiger partial charge is 0.481 e. The van der Waals surface area contributed by atoms with E-state index in [0.29, 0.717) is 6.54 Å². The molecule has 1 rings (SSSR count). The van der Waals surface area contributed by atoms with Crippen molar-refractivity contribution in [1.82, 2.24) is 10.6 Å². The second kappa shape index (κ2) is 6.19. The van der Waals surface area contributed by atoms with E-state index in [0.717, 1.165) is 0 Å². The minimum absolute atomic E-state index is 0.131. The van der Waals surface area contributed by atoms with Gasteiger partial charge in [0.05, 0.1) is 18.4 Å². The standard InChI is InChI=1S/C10H16N2O5/c1-17-7(3-9(14)15)5-12-10(16)6-2-8(13)11-4-6/h6-7H,2-5H2,1H3,(H,11,13)(H,12,16)(H,14,15). The predicted octanol–water partition coefficient (Wildman–Crippen LogP) is -1.27. The molecule has 0 bridgehead atoms. The summed E-state index contributed by atoms with van der Waals surface area (Å²) >= 11 is 0. The Hall–Kier alpha value is -1.63. The van der Waals surface area contributed by atoms with E-state index in [4.69, 9.17) is 9.84 Å². The first-order valence-electron chi connectivity index (χ1n) is 5.32. The summed E-state index contributed by atoms with van der Waals surface area (Å²) in [5.74, 6) is -1.75. The van der Waals surface area contributed by atoms with Crippen molar-refractivity contribution in [2.45, 2.75) is 18.9 Å². The Labute approximate surface area is 98.5 Å². The molecule has 1 aliphatic rings. The molecule has 7 nitrogen and oxygen atoms in total. The van der Waals surface area contributed by atoms with E-state index < -0.39 is 12.1 Å². The van der Waals surface area contributed by atoms with Crippen LogP contribution in [0.1, 0.15) is 12.8 Å². The van der Waals surface area contributed by atoms with Crippen LogP contribution in [0.2, 0.25) is 0 Å². The summed E-state index contributed by atoms with van der Waals surface area (Å²) in [5.41, 5.74) is 0. The Morgan fingerprint density at radius 3 is 2.82 bits per heavy atom. The number of ether oxygens (including phenoxy) is 1. The molecular formula is C10H16N2O5. The Balaban J connectivity index is 2.31. The van der Waals surface area contributed by atoms with Crippen molar-refractivity contribution >= 4 is 17.8 Å². The number of nitrogens with one attached hydrogen (secondary N) is 2. The van der Waals surface area contributed by atoms with Crippen molar-refractivity contribution in [2.24, 2.45) is 5.92 Å². The van der Waals surface area contributed by atoms with Crippen LogP contribution < -0.4 is 10.6 Å². The third-order valence-electron chi connectivity index (χ3n) is 2.59. The molecule has 0 aromatic carbocycles. The van der Waals surface area contributed by atoms with Gasteiger partial charge in [0.1, 0.15) is 0 Å². The molecule has 0 aromatic rings. The lowest BCUT2D eigenvalue weighted by Crippen LogP contribution is -2.38. The second-order valence-corrected chi connectivity index (χ2v) is 3.91. The summed E-state index contributed by atoms with van der Waals surface area (Å²) < 4.78 is 4.92. The molecule has 0 spiro atoms. The summed E-state index contributed by atoms with van der Waals surface area (Å²) in [5, 5.41) is 13.7. The van der Waals surface area contributed by atoms with Gasteiger partial charge in [-0.2, -0.15) is 0 Å². The minimum Gasteiger partial charge on any atom is -0.481 e. The van der Waals surface area contributed by atoms with E-state index in [1.165, 1.54) is 7.11 Å². The zero-order valence-corrected chi connectivity index (χ0v) is 9.56. The highest BCUT2D eigenvalue weighted by atomic mass is 16.5. The Bertz CT molecular complexity index is 318. The highest BCUT2D eigenvalue weighted by molar-refractivity contribution is 5.89. The summed E-state index contributed by atoms with van der Waals surface area (Å²) in [4.78, 5) is 33.0. The maximum absolute atomic E-state index is 11.6. The van der Waals surface area contributed by atoms with E-state index in [-0.39, 0.29) is 37.1 Å². The van der Waals surface area contributed by atoms with Crippen LogP contribution in [0, 0.1) is 5.92 Å². The van der Waals surface area contributed by atoms with Crippen LogP contribution in [0.25, 0.3) is 0 Å². The predicted molar refractivity (Wildman–Crippen MR) is 57.2 cm³/mol. The molecule has 2 unspecified atom stereocenters. The summed E-state index contributed by atoms with van der Waals surface area (Å²) in [6, 6.07) is 0. The van der Waals surface area contributed by atoms with Gasteiger partial charge in [0.15, 0.2) is 0 Å². The van der Waals surface area contributed by atoms with Gasteiger partial charge in [-0.25, -0.2) is 0 Å². The summed E-state index contributed by atoms with van der Waals surface area (Å²) in [6.07, 6.45) is -0.539. The van der Waals surface area contributed by atoms with Gasteiger partial charge in [-0.3, -0.25) is 14.4 Å². The molecule has 7 heteroatoms. The number of rotatable bonds is 6. The van der Waals surface area contributed by atoms with Crippen molar-refractivity contribution in [3.05, 3.63) is 0 Å². The van der Waals surface area contributed by atoms with Gasteiger partial charge < -0.3 is 20.5 Å². The summed E-state index contributed by atoms with van der Waals surface area (Å²) in [7, 11) is 1.39. The SMILES string of the molecule is COC(CNC(=O)C1CNC(=O)C1)CC(=O)O. The van der Waals surface area contributed by atoms with Crippen LogP contribution >= 0.6 is 0 Å². The van der Waals surface area contributed by atoms with Crippen molar-refractivity contribution in [3.63, 3.8) is 0 Å². The van der Waals surface area contributed by atoms with Crippen molar-refractivity contribution in [1.29, 1.82) is 0 Å². The van der Waals surface area contributed by atoms with Gasteiger partial charge in [0.25, 0.3) is 0 Å². The molecule has 0 saturated carbocycles. The number of carbonyl (C=O) groups is 3. The quantitative estimate of drug-likeness (QED) is 0.540. The topological polar surface area (TPSA) is 105 Å². The normalized spacial score (nSPS) is 20.8. The molecule has 1 saturated heterocycles. The first kappa shape index (κ1) is 13.4. The molecule has 0 aliphatic carbocycles. The van der Waals surface area contributed by atoms with Gasteiger partial charge in [0, 0.05) is 26.6 Å². The number of amides is 2. The zero-order valence-electron chi connectivity index (χ0n) is 9.56. The van der Waals surface area contributed by atoms with Crippen LogP contribution in [-0.2, 0) is 19.1 Å². The number of hydrogen-bond acceptors (Lipinski definition) is 4. The second-order valence-electron chi connectivity index (χ2n) is 3.91. The maximum atomic E-state index is 11.6. The monoisotopic (exact) mass is 244 g/mol. The van der Waals surface area contributed by atoms with E-state index in [2.05, 4.69) is 10.6 Å². The fraction of sp³-hybridized carbons (Fsp3) is 0.700. The lowest BCUT2D eigenvalue weighted by molar-refractivity contribution is -0.140. The average Bonchev–Trinajstić information content (AvgIpc) is 2.70. The van der Waals surface area contributed by atoms with E-state index in [1.807, 2.05) is 0 Å². The molecular weight excluding hydrogens is 228 g/mol. The lowest BCUT2D eigenvalue weighted by Gasteiger charge is -2.15. The fourth-order valence-electron chi connectivity index (χ4n) is 1.58. The molecule has 1 heterocycles. The number of carbonyl (C=O) groups excluding carboxylic acids is 2. The highest BCUT2D eigenvalue weighted by Crippen LogP contribution is 2.08. The van der Waals surface area contributed by atoms with Gasteiger partial charge in [-0.15, -0.1) is 0 Å².